The fourth-order valence-corrected chi connectivity index (χ4v) is 10.8. The summed E-state index contributed by atoms with van der Waals surface area (Å²) in [7, 11) is -0.620. The number of fused-ring (bicyclic) bond motifs is 4. The van der Waals surface area contributed by atoms with E-state index in [1.54, 1.807) is 19.2 Å². The zero-order valence-corrected chi connectivity index (χ0v) is 34.2. The van der Waals surface area contributed by atoms with Crippen molar-refractivity contribution in [1.29, 1.82) is 0 Å². The summed E-state index contributed by atoms with van der Waals surface area (Å²) < 4.78 is 41.2. The van der Waals surface area contributed by atoms with Crippen LogP contribution in [-0.4, -0.2) is 70.4 Å². The first kappa shape index (κ1) is 39.6. The standard InChI is InChI=1S/C43H55N5O7S/c1-27(2)19-39(49)55-37-11-7-9-29(4)24-56(52,46-41(51)34-23-47(5)44-42(34)53-6)45-40(50)31-14-17-38-36(21-31)48(22-32-13-15-33(32)37)25-43(26-54-38)18-8-10-30-20-28(3)12-16-35(30)43/h7,11-12,14,16-17,20-21,23,27,29,32-33,37H,8-10,13,15,18-19,22,24-26H2,1-6H3,(H,45,46,50,51,52)/b11-7+/t29-,32-,33+,37-,43-,56?/m0/s1. The zero-order valence-electron chi connectivity index (χ0n) is 33.4. The molecule has 13 heteroatoms. The molecule has 2 aromatic carbocycles. The minimum atomic E-state index is -3.66. The normalized spacial score (nSPS) is 28.1. The predicted octanol–water partition coefficient (Wildman–Crippen LogP) is 6.74. The molecule has 0 saturated heterocycles. The van der Waals surface area contributed by atoms with Crippen LogP contribution in [0.2, 0.25) is 0 Å². The van der Waals surface area contributed by atoms with Gasteiger partial charge in [-0.2, -0.15) is 0 Å². The first-order valence-electron chi connectivity index (χ1n) is 19.9. The molecular weight excluding hydrogens is 731 g/mol. The number of nitrogens with zero attached hydrogens (tertiary/aromatic N) is 4. The number of allylic oxidation sites excluding steroid dienone is 1. The van der Waals surface area contributed by atoms with Gasteiger partial charge in [0.25, 0.3) is 11.8 Å². The Bertz CT molecular complexity index is 2150. The van der Waals surface area contributed by atoms with Crippen LogP contribution in [0.15, 0.2) is 59.1 Å². The monoisotopic (exact) mass is 785 g/mol. The SMILES string of the molecule is COc1nn(C)cc1C(=O)NS1(=O)=NC(=O)c2ccc3c(c2)N(C[C@@H]2CC[C@H]2[C@@H](OC(=O)CC(C)C)/C=C/C[C@H](C)C1)C[C@@]1(CCCc2cc(C)ccc21)CO3. The van der Waals surface area contributed by atoms with Crippen LogP contribution in [0, 0.1) is 30.6 Å². The van der Waals surface area contributed by atoms with Crippen LogP contribution in [0.1, 0.15) is 96.7 Å². The van der Waals surface area contributed by atoms with E-state index in [2.05, 4.69) is 44.2 Å². The molecule has 56 heavy (non-hydrogen) atoms. The van der Waals surface area contributed by atoms with Gasteiger partial charge in [-0.1, -0.05) is 50.6 Å². The lowest BCUT2D eigenvalue weighted by atomic mass is 9.68. The molecule has 2 aliphatic heterocycles. The zero-order chi connectivity index (χ0) is 39.8. The number of amides is 2. The van der Waals surface area contributed by atoms with Crippen molar-refractivity contribution in [3.63, 3.8) is 0 Å². The number of rotatable bonds is 6. The molecule has 3 heterocycles. The van der Waals surface area contributed by atoms with Crippen LogP contribution in [0.3, 0.4) is 0 Å². The molecule has 3 aromatic rings. The highest BCUT2D eigenvalue weighted by Gasteiger charge is 2.45. The summed E-state index contributed by atoms with van der Waals surface area (Å²) in [6, 6.07) is 12.0. The van der Waals surface area contributed by atoms with Crippen LogP contribution < -0.4 is 19.1 Å². The second-order valence-electron chi connectivity index (χ2n) is 16.8. The number of carbonyl (C=O) groups is 3. The summed E-state index contributed by atoms with van der Waals surface area (Å²) in [5, 5.41) is 4.16. The lowest BCUT2D eigenvalue weighted by molar-refractivity contribution is -0.153. The van der Waals surface area contributed by atoms with Crippen molar-refractivity contribution in [2.45, 2.75) is 84.2 Å². The topological polar surface area (TPSA) is 141 Å². The number of anilines is 1. The smallest absolute Gasteiger partial charge is 0.306 e. The Morgan fingerprint density at radius 1 is 1.16 bits per heavy atom. The van der Waals surface area contributed by atoms with Gasteiger partial charge in [0.15, 0.2) is 0 Å². The van der Waals surface area contributed by atoms with Crippen LogP contribution in [-0.2, 0) is 38.3 Å². The molecule has 1 aromatic heterocycles. The van der Waals surface area contributed by atoms with Crippen LogP contribution in [0.4, 0.5) is 5.69 Å². The summed E-state index contributed by atoms with van der Waals surface area (Å²) >= 11 is 0. The first-order valence-corrected chi connectivity index (χ1v) is 21.6. The van der Waals surface area contributed by atoms with Gasteiger partial charge in [-0.05, 0) is 98.6 Å². The van der Waals surface area contributed by atoms with Gasteiger partial charge < -0.3 is 19.1 Å². The Morgan fingerprint density at radius 2 is 1.98 bits per heavy atom. The summed E-state index contributed by atoms with van der Waals surface area (Å²) in [4.78, 5) is 43.3. The van der Waals surface area contributed by atoms with E-state index in [4.69, 9.17) is 14.2 Å². The van der Waals surface area contributed by atoms with E-state index in [0.29, 0.717) is 38.3 Å². The van der Waals surface area contributed by atoms with Gasteiger partial charge in [0.2, 0.25) is 5.88 Å². The number of nitrogens with one attached hydrogen (secondary N) is 1. The molecule has 2 amide bonds. The number of aryl methyl sites for hydroxylation is 3. The van der Waals surface area contributed by atoms with Crippen molar-refractivity contribution in [2.24, 2.45) is 35.1 Å². The van der Waals surface area contributed by atoms with Gasteiger partial charge in [0, 0.05) is 49.7 Å². The maximum absolute atomic E-state index is 14.7. The molecule has 1 fully saturated rings. The summed E-state index contributed by atoms with van der Waals surface area (Å²) in [5.41, 5.74) is 4.72. The minimum absolute atomic E-state index is 0.0650. The number of hydrogen-bond acceptors (Lipinski definition) is 9. The van der Waals surface area contributed by atoms with Crippen LogP contribution in [0.5, 0.6) is 11.6 Å². The minimum Gasteiger partial charge on any atom is -0.490 e. The predicted molar refractivity (Wildman–Crippen MR) is 215 cm³/mol. The molecule has 1 spiro atoms. The molecule has 0 radical (unpaired) electrons. The maximum atomic E-state index is 14.7. The average molecular weight is 786 g/mol. The highest BCUT2D eigenvalue weighted by atomic mass is 32.2. The number of esters is 1. The molecule has 4 aliphatic rings. The van der Waals surface area contributed by atoms with Gasteiger partial charge >= 0.3 is 5.97 Å². The molecule has 2 bridgehead atoms. The van der Waals surface area contributed by atoms with Gasteiger partial charge in [-0.25, -0.2) is 4.21 Å². The Kier molecular flexibility index (Phi) is 11.4. The largest absolute Gasteiger partial charge is 0.490 e. The molecule has 300 valence electrons. The number of aromatic nitrogens is 2. The van der Waals surface area contributed by atoms with E-state index in [1.165, 1.54) is 34.7 Å². The van der Waals surface area contributed by atoms with Crippen LogP contribution >= 0.6 is 0 Å². The van der Waals surface area contributed by atoms with E-state index < -0.39 is 27.8 Å². The van der Waals surface area contributed by atoms with E-state index in [9.17, 15) is 18.6 Å². The van der Waals surface area contributed by atoms with E-state index in [-0.39, 0.29) is 57.8 Å². The molecule has 6 atom stereocenters. The fraction of sp³-hybridized carbons (Fsp3) is 0.535. The van der Waals surface area contributed by atoms with Crippen molar-refractivity contribution < 1.29 is 32.8 Å². The lowest BCUT2D eigenvalue weighted by Gasteiger charge is -2.46. The molecule has 2 aliphatic carbocycles. The molecule has 12 nitrogen and oxygen atoms in total. The second kappa shape index (κ2) is 16.1. The third-order valence-electron chi connectivity index (χ3n) is 11.8. The first-order chi connectivity index (χ1) is 26.7. The highest BCUT2D eigenvalue weighted by Crippen LogP contribution is 2.47. The molecule has 1 saturated carbocycles. The molecule has 1 unspecified atom stereocenters. The molecule has 7 rings (SSSR count). The number of benzene rings is 2. The van der Waals surface area contributed by atoms with Crippen molar-refractivity contribution in [1.82, 2.24) is 14.5 Å². The Balaban J connectivity index is 1.31. The third kappa shape index (κ3) is 8.38. The Morgan fingerprint density at radius 3 is 2.73 bits per heavy atom. The van der Waals surface area contributed by atoms with Crippen molar-refractivity contribution in [2.75, 3.05) is 37.5 Å². The molecule has 1 N–H and O–H groups in total. The van der Waals surface area contributed by atoms with E-state index in [1.807, 2.05) is 39.0 Å². The second-order valence-corrected chi connectivity index (χ2v) is 18.8. The van der Waals surface area contributed by atoms with E-state index in [0.717, 1.165) is 37.8 Å². The third-order valence-corrected chi connectivity index (χ3v) is 13.7. The van der Waals surface area contributed by atoms with Crippen molar-refractivity contribution in [3.8, 4) is 11.6 Å². The summed E-state index contributed by atoms with van der Waals surface area (Å²) in [6.45, 7) is 9.90. The fourth-order valence-electron chi connectivity index (χ4n) is 8.91. The summed E-state index contributed by atoms with van der Waals surface area (Å²) in [5.74, 6) is -0.752. The number of methoxy groups -OCH3 is 1. The van der Waals surface area contributed by atoms with Crippen molar-refractivity contribution >= 4 is 33.4 Å². The van der Waals surface area contributed by atoms with Gasteiger partial charge in [-0.15, -0.1) is 9.46 Å². The highest BCUT2D eigenvalue weighted by molar-refractivity contribution is 7.92. The average Bonchev–Trinajstić information content (AvgIpc) is 3.44. The number of hydrogen-bond donors (Lipinski definition) is 1. The number of carbonyl (C=O) groups excluding carboxylic acids is 3. The molecular formula is C43H55N5O7S. The van der Waals surface area contributed by atoms with E-state index >= 15 is 0 Å². The van der Waals surface area contributed by atoms with Crippen LogP contribution in [0.25, 0.3) is 0 Å². The van der Waals surface area contributed by atoms with Gasteiger partial charge in [-0.3, -0.25) is 23.8 Å². The lowest BCUT2D eigenvalue weighted by Crippen LogP contribution is -2.50. The number of ether oxygens (including phenoxy) is 3. The summed E-state index contributed by atoms with van der Waals surface area (Å²) in [6.07, 6.45) is 10.7. The van der Waals surface area contributed by atoms with Crippen molar-refractivity contribution in [3.05, 3.63) is 82.6 Å². The quantitative estimate of drug-likeness (QED) is 0.212. The Labute approximate surface area is 330 Å². The maximum Gasteiger partial charge on any atom is 0.306 e. The van der Waals surface area contributed by atoms with Gasteiger partial charge in [0.05, 0.1) is 25.2 Å². The van der Waals surface area contributed by atoms with Gasteiger partial charge in [0.1, 0.15) is 27.3 Å². The Hall–Kier alpha value is -4.65.